The van der Waals surface area contributed by atoms with Gasteiger partial charge in [0.1, 0.15) is 0 Å². The van der Waals surface area contributed by atoms with Crippen LogP contribution in [0.5, 0.6) is 0 Å². The fourth-order valence-electron chi connectivity index (χ4n) is 4.09. The van der Waals surface area contributed by atoms with Gasteiger partial charge in [-0.15, -0.1) is 0 Å². The van der Waals surface area contributed by atoms with Crippen LogP contribution in [0.1, 0.15) is 24.0 Å². The first kappa shape index (κ1) is 21.7. The molecule has 0 aromatic heterocycles. The third kappa shape index (κ3) is 5.14. The summed E-state index contributed by atoms with van der Waals surface area (Å²) in [7, 11) is 0.0955. The Balaban J connectivity index is 1.78. The fourth-order valence-corrected chi connectivity index (χ4v) is 4.91. The lowest BCUT2D eigenvalue weighted by atomic mass is 9.85. The number of aryl methyl sites for hydroxylation is 1. The summed E-state index contributed by atoms with van der Waals surface area (Å²) in [5.74, 6) is 0.334. The third-order valence-corrected chi connectivity index (χ3v) is 7.25. The summed E-state index contributed by atoms with van der Waals surface area (Å²) in [4.78, 5) is 5.11. The SMILES string of the molecule is CNS(=O)(=O)c1ccc(C2=C(C#N)CC(CN3CCCN(C)CC3)C=C2)c(C)c1. The number of allylic oxidation sites excluding steroid dienone is 3. The molecule has 1 aliphatic heterocycles. The molecule has 1 unspecified atom stereocenters. The summed E-state index contributed by atoms with van der Waals surface area (Å²) in [5.41, 5.74) is 3.45. The average molecular weight is 415 g/mol. The van der Waals surface area contributed by atoms with Crippen LogP contribution < -0.4 is 4.72 Å². The second-order valence-electron chi connectivity index (χ2n) is 7.97. The van der Waals surface area contributed by atoms with Gasteiger partial charge in [-0.2, -0.15) is 5.26 Å². The molecular formula is C22H30N4O2S. The van der Waals surface area contributed by atoms with Crippen molar-refractivity contribution in [1.29, 1.82) is 5.26 Å². The maximum absolute atomic E-state index is 12.0. The molecule has 1 atom stereocenters. The smallest absolute Gasteiger partial charge is 0.240 e. The molecule has 2 aliphatic rings. The zero-order chi connectivity index (χ0) is 21.0. The lowest BCUT2D eigenvalue weighted by molar-refractivity contribution is 0.252. The molecule has 0 bridgehead atoms. The second kappa shape index (κ2) is 9.23. The van der Waals surface area contributed by atoms with Crippen LogP contribution in [0.15, 0.2) is 40.8 Å². The largest absolute Gasteiger partial charge is 0.305 e. The predicted octanol–water partition coefficient (Wildman–Crippen LogP) is 2.39. The number of benzene rings is 1. The van der Waals surface area contributed by atoms with E-state index in [1.54, 1.807) is 12.1 Å². The molecule has 0 saturated carbocycles. The Kier molecular flexibility index (Phi) is 6.91. The highest BCUT2D eigenvalue weighted by Crippen LogP contribution is 2.33. The molecule has 6 nitrogen and oxygen atoms in total. The highest BCUT2D eigenvalue weighted by atomic mass is 32.2. The molecule has 29 heavy (non-hydrogen) atoms. The lowest BCUT2D eigenvalue weighted by Crippen LogP contribution is -2.33. The van der Waals surface area contributed by atoms with E-state index in [-0.39, 0.29) is 4.90 Å². The van der Waals surface area contributed by atoms with E-state index in [2.05, 4.69) is 33.7 Å². The number of likely N-dealkylation sites (N-methyl/N-ethyl adjacent to an activating group) is 1. The Morgan fingerprint density at radius 2 is 2.03 bits per heavy atom. The number of hydrogen-bond acceptors (Lipinski definition) is 5. The molecule has 0 spiro atoms. The van der Waals surface area contributed by atoms with Crippen LogP contribution >= 0.6 is 0 Å². The van der Waals surface area contributed by atoms with Gasteiger partial charge in [-0.3, -0.25) is 0 Å². The van der Waals surface area contributed by atoms with Crippen LogP contribution in [0.3, 0.4) is 0 Å². The van der Waals surface area contributed by atoms with Crippen molar-refractivity contribution in [1.82, 2.24) is 14.5 Å². The molecule has 1 aromatic rings. The van der Waals surface area contributed by atoms with Crippen molar-refractivity contribution < 1.29 is 8.42 Å². The number of sulfonamides is 1. The van der Waals surface area contributed by atoms with Gasteiger partial charge < -0.3 is 9.80 Å². The van der Waals surface area contributed by atoms with Crippen molar-refractivity contribution in [3.05, 3.63) is 47.1 Å². The Morgan fingerprint density at radius 1 is 1.24 bits per heavy atom. The standard InChI is InChI=1S/C22H30N4O2S/c1-17-13-20(29(27,28)24-2)6-8-21(17)22-7-5-18(14-19(22)15-23)16-26-10-4-9-25(3)11-12-26/h5-8,13,18,24H,4,9-12,14,16H2,1-3H3. The van der Waals surface area contributed by atoms with E-state index in [1.807, 2.05) is 19.1 Å². The summed E-state index contributed by atoms with van der Waals surface area (Å²) >= 11 is 0. The van der Waals surface area contributed by atoms with Crippen molar-refractivity contribution in [2.45, 2.75) is 24.7 Å². The highest BCUT2D eigenvalue weighted by molar-refractivity contribution is 7.89. The zero-order valence-corrected chi connectivity index (χ0v) is 18.3. The van der Waals surface area contributed by atoms with E-state index >= 15 is 0 Å². The predicted molar refractivity (Wildman–Crippen MR) is 116 cm³/mol. The minimum Gasteiger partial charge on any atom is -0.305 e. The molecule has 0 amide bonds. The van der Waals surface area contributed by atoms with Crippen LogP contribution in [0, 0.1) is 24.2 Å². The van der Waals surface area contributed by atoms with E-state index in [4.69, 9.17) is 0 Å². The number of rotatable bonds is 5. The van der Waals surface area contributed by atoms with Crippen molar-refractivity contribution in [2.24, 2.45) is 5.92 Å². The maximum Gasteiger partial charge on any atom is 0.240 e. The molecule has 1 N–H and O–H groups in total. The van der Waals surface area contributed by atoms with E-state index in [9.17, 15) is 13.7 Å². The zero-order valence-electron chi connectivity index (χ0n) is 17.5. The number of nitriles is 1. The van der Waals surface area contributed by atoms with E-state index in [1.165, 1.54) is 13.5 Å². The van der Waals surface area contributed by atoms with Crippen molar-refractivity contribution in [2.75, 3.05) is 46.8 Å². The molecule has 1 saturated heterocycles. The molecule has 1 heterocycles. The van der Waals surface area contributed by atoms with E-state index in [0.717, 1.165) is 61.4 Å². The van der Waals surface area contributed by atoms with Gasteiger partial charge in [0.25, 0.3) is 0 Å². The Labute approximate surface area is 174 Å². The van der Waals surface area contributed by atoms with Gasteiger partial charge in [0.15, 0.2) is 0 Å². The topological polar surface area (TPSA) is 76.4 Å². The van der Waals surface area contributed by atoms with Crippen LogP contribution in [-0.4, -0.2) is 65.0 Å². The Hall–Kier alpha value is -1.98. The molecule has 3 rings (SSSR count). The fraction of sp³-hybridized carbons (Fsp3) is 0.500. The molecule has 7 heteroatoms. The van der Waals surface area contributed by atoms with Crippen LogP contribution in [0.2, 0.25) is 0 Å². The third-order valence-electron chi connectivity index (χ3n) is 5.83. The minimum absolute atomic E-state index is 0.240. The quantitative estimate of drug-likeness (QED) is 0.801. The summed E-state index contributed by atoms with van der Waals surface area (Å²) in [6, 6.07) is 7.46. The molecule has 156 valence electrons. The van der Waals surface area contributed by atoms with Crippen molar-refractivity contribution in [3.8, 4) is 6.07 Å². The second-order valence-corrected chi connectivity index (χ2v) is 9.86. The average Bonchev–Trinajstić information content (AvgIpc) is 2.92. The maximum atomic E-state index is 12.0. The van der Waals surface area contributed by atoms with E-state index in [0.29, 0.717) is 5.92 Å². The number of nitrogens with zero attached hydrogens (tertiary/aromatic N) is 3. The first-order chi connectivity index (χ1) is 13.8. The minimum atomic E-state index is -3.48. The van der Waals surface area contributed by atoms with Gasteiger partial charge in [0.05, 0.1) is 11.0 Å². The molecular weight excluding hydrogens is 384 g/mol. The summed E-state index contributed by atoms with van der Waals surface area (Å²) in [6.07, 6.45) is 6.17. The van der Waals surface area contributed by atoms with Gasteiger partial charge in [0.2, 0.25) is 10.0 Å². The molecule has 1 fully saturated rings. The van der Waals surface area contributed by atoms with E-state index < -0.39 is 10.0 Å². The molecule has 1 aromatic carbocycles. The normalized spacial score (nSPS) is 21.8. The summed E-state index contributed by atoms with van der Waals surface area (Å²) in [6.45, 7) is 7.26. The van der Waals surface area contributed by atoms with Gasteiger partial charge in [-0.25, -0.2) is 13.1 Å². The van der Waals surface area contributed by atoms with Gasteiger partial charge >= 0.3 is 0 Å². The van der Waals surface area contributed by atoms with Gasteiger partial charge in [-0.1, -0.05) is 18.2 Å². The summed E-state index contributed by atoms with van der Waals surface area (Å²) in [5, 5.41) is 9.77. The van der Waals surface area contributed by atoms with Crippen molar-refractivity contribution >= 4 is 15.6 Å². The number of hydrogen-bond donors (Lipinski definition) is 1. The first-order valence-electron chi connectivity index (χ1n) is 10.1. The highest BCUT2D eigenvalue weighted by Gasteiger charge is 2.22. The monoisotopic (exact) mass is 414 g/mol. The number of nitrogens with one attached hydrogen (secondary N) is 1. The van der Waals surface area contributed by atoms with Crippen LogP contribution in [-0.2, 0) is 10.0 Å². The molecule has 1 aliphatic carbocycles. The Bertz CT molecular complexity index is 960. The summed E-state index contributed by atoms with van der Waals surface area (Å²) < 4.78 is 26.4. The van der Waals surface area contributed by atoms with Gasteiger partial charge in [0, 0.05) is 25.2 Å². The van der Waals surface area contributed by atoms with Gasteiger partial charge in [-0.05, 0) is 81.7 Å². The Morgan fingerprint density at radius 3 is 2.72 bits per heavy atom. The lowest BCUT2D eigenvalue weighted by Gasteiger charge is -2.27. The molecule has 0 radical (unpaired) electrons. The van der Waals surface area contributed by atoms with Crippen LogP contribution in [0.25, 0.3) is 5.57 Å². The first-order valence-corrected chi connectivity index (χ1v) is 11.6. The van der Waals surface area contributed by atoms with Crippen LogP contribution in [0.4, 0.5) is 0 Å². The van der Waals surface area contributed by atoms with Crippen molar-refractivity contribution in [3.63, 3.8) is 0 Å².